The van der Waals surface area contributed by atoms with Crippen LogP contribution in [0.25, 0.3) is 6.08 Å². The van der Waals surface area contributed by atoms with Crippen LogP contribution in [0.4, 0.5) is 5.69 Å². The minimum atomic E-state index is -0.453. The average Bonchev–Trinajstić information content (AvgIpc) is 2.50. The first kappa shape index (κ1) is 14.0. The monoisotopic (exact) mass is 295 g/mol. The number of hydrogen-bond acceptors (Lipinski definition) is 4. The third kappa shape index (κ3) is 2.61. The van der Waals surface area contributed by atoms with Gasteiger partial charge in [-0.2, -0.15) is 0 Å². The lowest BCUT2D eigenvalue weighted by Crippen LogP contribution is -2.13. The zero-order valence-corrected chi connectivity index (χ0v) is 11.7. The number of carbonyl (C=O) groups is 1. The Morgan fingerprint density at radius 2 is 1.82 bits per heavy atom. The molecule has 1 aliphatic carbocycles. The molecule has 2 aromatic rings. The lowest BCUT2D eigenvalue weighted by molar-refractivity contribution is -0.384. The number of phenols is 1. The highest BCUT2D eigenvalue weighted by Crippen LogP contribution is 2.29. The number of ketones is 1. The molecule has 0 amide bonds. The van der Waals surface area contributed by atoms with Gasteiger partial charge in [-0.25, -0.2) is 0 Å². The molecule has 3 rings (SSSR count). The molecule has 5 heteroatoms. The number of aryl methyl sites for hydroxylation is 1. The van der Waals surface area contributed by atoms with Crippen molar-refractivity contribution in [2.24, 2.45) is 0 Å². The lowest BCUT2D eigenvalue weighted by atomic mass is 9.86. The van der Waals surface area contributed by atoms with Crippen molar-refractivity contribution in [1.82, 2.24) is 0 Å². The van der Waals surface area contributed by atoms with E-state index < -0.39 is 4.92 Å². The van der Waals surface area contributed by atoms with Crippen molar-refractivity contribution in [2.75, 3.05) is 0 Å². The Kier molecular flexibility index (Phi) is 3.47. The number of nitro groups is 1. The van der Waals surface area contributed by atoms with Gasteiger partial charge in [0.05, 0.1) is 4.92 Å². The summed E-state index contributed by atoms with van der Waals surface area (Å²) in [5.74, 6) is 0.106. The van der Waals surface area contributed by atoms with Gasteiger partial charge in [-0.15, -0.1) is 0 Å². The second kappa shape index (κ2) is 5.44. The number of nitrogens with zero attached hydrogens (tertiary/aromatic N) is 1. The molecule has 22 heavy (non-hydrogen) atoms. The highest BCUT2D eigenvalue weighted by molar-refractivity contribution is 6.13. The van der Waals surface area contributed by atoms with Crippen LogP contribution in [0.15, 0.2) is 48.0 Å². The van der Waals surface area contributed by atoms with E-state index in [4.69, 9.17) is 0 Å². The molecule has 5 nitrogen and oxygen atoms in total. The summed E-state index contributed by atoms with van der Waals surface area (Å²) in [5, 5.41) is 20.1. The van der Waals surface area contributed by atoms with Crippen LogP contribution in [0.1, 0.15) is 27.9 Å². The second-order valence-electron chi connectivity index (χ2n) is 5.19. The predicted molar refractivity (Wildman–Crippen MR) is 81.8 cm³/mol. The topological polar surface area (TPSA) is 80.4 Å². The van der Waals surface area contributed by atoms with E-state index in [9.17, 15) is 20.0 Å². The van der Waals surface area contributed by atoms with Gasteiger partial charge < -0.3 is 5.11 Å². The largest absolute Gasteiger partial charge is 0.508 e. The maximum atomic E-state index is 12.4. The fourth-order valence-electron chi connectivity index (χ4n) is 2.60. The van der Waals surface area contributed by atoms with Gasteiger partial charge in [0.25, 0.3) is 5.69 Å². The fourth-order valence-corrected chi connectivity index (χ4v) is 2.60. The Hall–Kier alpha value is -2.95. The zero-order valence-electron chi connectivity index (χ0n) is 11.7. The summed E-state index contributed by atoms with van der Waals surface area (Å²) in [6.45, 7) is 0. The molecule has 0 bridgehead atoms. The third-order valence-corrected chi connectivity index (χ3v) is 3.73. The Bertz CT molecular complexity index is 791. The van der Waals surface area contributed by atoms with Gasteiger partial charge in [0, 0.05) is 23.3 Å². The van der Waals surface area contributed by atoms with Crippen LogP contribution in [-0.4, -0.2) is 15.8 Å². The van der Waals surface area contributed by atoms with Crippen LogP contribution in [0.5, 0.6) is 5.75 Å². The van der Waals surface area contributed by atoms with Gasteiger partial charge in [0.2, 0.25) is 0 Å². The molecular weight excluding hydrogens is 282 g/mol. The van der Waals surface area contributed by atoms with Crippen LogP contribution in [0, 0.1) is 10.1 Å². The molecule has 1 N–H and O–H groups in total. The summed E-state index contributed by atoms with van der Waals surface area (Å²) in [5.41, 5.74) is 2.92. The molecule has 1 aliphatic rings. The van der Waals surface area contributed by atoms with E-state index in [1.807, 2.05) is 0 Å². The fraction of sp³-hybridized carbons (Fsp3) is 0.118. The number of Topliss-reactive ketones (excluding diaryl/α,β-unsaturated/α-hetero) is 1. The number of non-ortho nitro benzene ring substituents is 1. The quantitative estimate of drug-likeness (QED) is 0.522. The summed E-state index contributed by atoms with van der Waals surface area (Å²) in [6.07, 6.45) is 3.04. The van der Waals surface area contributed by atoms with Crippen LogP contribution in [0.2, 0.25) is 0 Å². The number of aromatic hydroxyl groups is 1. The first-order chi connectivity index (χ1) is 10.5. The smallest absolute Gasteiger partial charge is 0.269 e. The molecule has 110 valence electrons. The number of carbonyl (C=O) groups excluding carboxylic acids is 1. The number of allylic oxidation sites excluding steroid dienone is 1. The number of fused-ring (bicyclic) bond motifs is 1. The molecule has 0 fully saturated rings. The van der Waals surface area contributed by atoms with Crippen molar-refractivity contribution < 1.29 is 14.8 Å². The van der Waals surface area contributed by atoms with Crippen LogP contribution >= 0.6 is 0 Å². The van der Waals surface area contributed by atoms with Crippen LogP contribution < -0.4 is 0 Å². The van der Waals surface area contributed by atoms with E-state index >= 15 is 0 Å². The summed E-state index contributed by atoms with van der Waals surface area (Å²) in [4.78, 5) is 22.6. The lowest BCUT2D eigenvalue weighted by Gasteiger charge is -2.17. The normalized spacial score (nSPS) is 15.6. The van der Waals surface area contributed by atoms with Gasteiger partial charge in [-0.3, -0.25) is 14.9 Å². The SMILES string of the molecule is O=C1/C(=C/c2ccc([N+](=O)[O-])cc2)CCc2cc(O)ccc21. The Balaban J connectivity index is 1.91. The van der Waals surface area contributed by atoms with Crippen molar-refractivity contribution in [3.8, 4) is 5.75 Å². The average molecular weight is 295 g/mol. The number of hydrogen-bond donors (Lipinski definition) is 1. The predicted octanol–water partition coefficient (Wildman–Crippen LogP) is 3.51. The van der Waals surface area contributed by atoms with E-state index in [1.165, 1.54) is 18.2 Å². The number of phenolic OH excluding ortho intramolecular Hbond substituents is 1. The Labute approximate surface area is 126 Å². The molecule has 0 unspecified atom stereocenters. The van der Waals surface area contributed by atoms with Crippen molar-refractivity contribution >= 4 is 17.5 Å². The van der Waals surface area contributed by atoms with Crippen molar-refractivity contribution in [3.05, 3.63) is 74.8 Å². The molecule has 0 saturated heterocycles. The van der Waals surface area contributed by atoms with E-state index in [0.717, 1.165) is 11.1 Å². The van der Waals surface area contributed by atoms with Crippen molar-refractivity contribution in [1.29, 1.82) is 0 Å². The Morgan fingerprint density at radius 1 is 1.09 bits per heavy atom. The van der Waals surface area contributed by atoms with Gasteiger partial charge in [0.1, 0.15) is 5.75 Å². The maximum Gasteiger partial charge on any atom is 0.269 e. The van der Waals surface area contributed by atoms with Gasteiger partial charge in [-0.05, 0) is 60.4 Å². The highest BCUT2D eigenvalue weighted by atomic mass is 16.6. The van der Waals surface area contributed by atoms with E-state index in [2.05, 4.69) is 0 Å². The first-order valence-electron chi connectivity index (χ1n) is 6.86. The molecule has 0 atom stereocenters. The number of benzene rings is 2. The summed E-state index contributed by atoms with van der Waals surface area (Å²) >= 11 is 0. The van der Waals surface area contributed by atoms with Crippen molar-refractivity contribution in [3.63, 3.8) is 0 Å². The minimum absolute atomic E-state index is 0.0259. The number of rotatable bonds is 2. The summed E-state index contributed by atoms with van der Waals surface area (Å²) in [7, 11) is 0. The number of nitro benzene ring substituents is 1. The third-order valence-electron chi connectivity index (χ3n) is 3.73. The molecule has 0 spiro atoms. The van der Waals surface area contributed by atoms with E-state index in [-0.39, 0.29) is 17.2 Å². The van der Waals surface area contributed by atoms with Gasteiger partial charge >= 0.3 is 0 Å². The first-order valence-corrected chi connectivity index (χ1v) is 6.86. The van der Waals surface area contributed by atoms with E-state index in [1.54, 1.807) is 30.3 Å². The standard InChI is InChI=1S/C17H13NO4/c19-15-7-8-16-12(10-15)3-4-13(17(16)20)9-11-1-5-14(6-2-11)18(21)22/h1-2,5-10,19H,3-4H2/b13-9+. The molecule has 0 saturated carbocycles. The zero-order chi connectivity index (χ0) is 15.7. The molecule has 0 aromatic heterocycles. The van der Waals surface area contributed by atoms with Gasteiger partial charge in [-0.1, -0.05) is 0 Å². The van der Waals surface area contributed by atoms with Crippen LogP contribution in [-0.2, 0) is 6.42 Å². The molecule has 0 heterocycles. The van der Waals surface area contributed by atoms with Gasteiger partial charge in [0.15, 0.2) is 5.78 Å². The maximum absolute atomic E-state index is 12.4. The molecule has 0 radical (unpaired) electrons. The molecule has 0 aliphatic heterocycles. The summed E-state index contributed by atoms with van der Waals surface area (Å²) < 4.78 is 0. The Morgan fingerprint density at radius 3 is 2.50 bits per heavy atom. The van der Waals surface area contributed by atoms with E-state index in [0.29, 0.717) is 24.0 Å². The second-order valence-corrected chi connectivity index (χ2v) is 5.19. The molecule has 2 aromatic carbocycles. The van der Waals surface area contributed by atoms with Crippen LogP contribution in [0.3, 0.4) is 0 Å². The summed E-state index contributed by atoms with van der Waals surface area (Å²) in [6, 6.07) is 10.9. The van der Waals surface area contributed by atoms with Crippen molar-refractivity contribution in [2.45, 2.75) is 12.8 Å². The minimum Gasteiger partial charge on any atom is -0.508 e. The molecular formula is C17H13NO4. The highest BCUT2D eigenvalue weighted by Gasteiger charge is 2.22.